The van der Waals surface area contributed by atoms with Crippen LogP contribution in [0.4, 0.5) is 11.4 Å². The Hall–Kier alpha value is -2.49. The van der Waals surface area contributed by atoms with Gasteiger partial charge in [-0.3, -0.25) is 4.79 Å². The van der Waals surface area contributed by atoms with Gasteiger partial charge >= 0.3 is 0 Å². The predicted octanol–water partition coefficient (Wildman–Crippen LogP) is 2.93. The van der Waals surface area contributed by atoms with Gasteiger partial charge in [0.25, 0.3) is 0 Å². The summed E-state index contributed by atoms with van der Waals surface area (Å²) in [5, 5.41) is 15.9. The van der Waals surface area contributed by atoms with Crippen molar-refractivity contribution < 1.29 is 9.90 Å². The van der Waals surface area contributed by atoms with Crippen molar-refractivity contribution in [3.8, 4) is 5.75 Å². The van der Waals surface area contributed by atoms with Crippen LogP contribution >= 0.6 is 0 Å². The second-order valence-electron chi connectivity index (χ2n) is 5.25. The molecule has 0 saturated carbocycles. The van der Waals surface area contributed by atoms with Gasteiger partial charge < -0.3 is 15.7 Å². The van der Waals surface area contributed by atoms with Gasteiger partial charge in [0.1, 0.15) is 11.8 Å². The number of para-hydroxylation sites is 1. The number of rotatable bonds is 3. The third-order valence-electron chi connectivity index (χ3n) is 3.81. The van der Waals surface area contributed by atoms with Crippen LogP contribution in [0.3, 0.4) is 0 Å². The van der Waals surface area contributed by atoms with E-state index in [0.717, 1.165) is 23.2 Å². The van der Waals surface area contributed by atoms with Gasteiger partial charge in [0.15, 0.2) is 0 Å². The van der Waals surface area contributed by atoms with Crippen LogP contribution in [-0.2, 0) is 17.6 Å². The van der Waals surface area contributed by atoms with E-state index in [-0.39, 0.29) is 17.7 Å². The molecule has 1 heterocycles. The quantitative estimate of drug-likeness (QED) is 0.759. The zero-order valence-corrected chi connectivity index (χ0v) is 11.9. The molecular formula is C17H18N2O2. The van der Waals surface area contributed by atoms with Gasteiger partial charge in [-0.15, -0.1) is 0 Å². The molecule has 0 bridgehead atoms. The summed E-state index contributed by atoms with van der Waals surface area (Å²) >= 11 is 0. The number of phenolic OH excluding ortho intramolecular Hbond substituents is 1. The van der Waals surface area contributed by atoms with Crippen LogP contribution in [0.1, 0.15) is 18.1 Å². The third kappa shape index (κ3) is 2.70. The number of nitrogens with one attached hydrogen (secondary N) is 2. The van der Waals surface area contributed by atoms with Crippen LogP contribution in [0.25, 0.3) is 0 Å². The first-order valence-corrected chi connectivity index (χ1v) is 7.14. The van der Waals surface area contributed by atoms with Gasteiger partial charge in [0.05, 0.1) is 5.69 Å². The SMILES string of the molecule is CCc1ccc(O)c(NC(=O)[C@@H]2Cc3ccccc3N2)c1. The van der Waals surface area contributed by atoms with Crippen LogP contribution in [0.15, 0.2) is 42.5 Å². The summed E-state index contributed by atoms with van der Waals surface area (Å²) in [5.74, 6) is -0.0363. The second kappa shape index (κ2) is 5.48. The van der Waals surface area contributed by atoms with Crippen molar-refractivity contribution in [3.05, 3.63) is 53.6 Å². The smallest absolute Gasteiger partial charge is 0.247 e. The number of fused-ring (bicyclic) bond motifs is 1. The summed E-state index contributed by atoms with van der Waals surface area (Å²) in [6.45, 7) is 2.03. The molecule has 0 aromatic heterocycles. The molecule has 0 fully saturated rings. The predicted molar refractivity (Wildman–Crippen MR) is 83.7 cm³/mol. The number of aromatic hydroxyl groups is 1. The summed E-state index contributed by atoms with van der Waals surface area (Å²) in [6.07, 6.45) is 1.52. The van der Waals surface area contributed by atoms with Gasteiger partial charge in [0, 0.05) is 12.1 Å². The molecule has 0 aliphatic carbocycles. The van der Waals surface area contributed by atoms with Crippen molar-refractivity contribution in [1.29, 1.82) is 0 Å². The maximum absolute atomic E-state index is 12.4. The topological polar surface area (TPSA) is 61.4 Å². The Morgan fingerprint density at radius 2 is 2.14 bits per heavy atom. The minimum Gasteiger partial charge on any atom is -0.506 e. The molecule has 1 amide bonds. The fourth-order valence-corrected chi connectivity index (χ4v) is 2.58. The Bertz CT molecular complexity index is 657. The van der Waals surface area contributed by atoms with E-state index in [4.69, 9.17) is 0 Å². The van der Waals surface area contributed by atoms with Crippen molar-refractivity contribution in [3.63, 3.8) is 0 Å². The fourth-order valence-electron chi connectivity index (χ4n) is 2.58. The Morgan fingerprint density at radius 1 is 1.33 bits per heavy atom. The first kappa shape index (κ1) is 13.5. The van der Waals surface area contributed by atoms with Crippen LogP contribution < -0.4 is 10.6 Å². The molecule has 1 atom stereocenters. The van der Waals surface area contributed by atoms with Crippen LogP contribution in [0.2, 0.25) is 0 Å². The summed E-state index contributed by atoms with van der Waals surface area (Å²) in [7, 11) is 0. The fraction of sp³-hybridized carbons (Fsp3) is 0.235. The number of aryl methyl sites for hydroxylation is 1. The molecular weight excluding hydrogens is 264 g/mol. The molecule has 0 unspecified atom stereocenters. The van der Waals surface area contributed by atoms with E-state index < -0.39 is 0 Å². The monoisotopic (exact) mass is 282 g/mol. The number of benzene rings is 2. The molecule has 2 aromatic rings. The lowest BCUT2D eigenvalue weighted by Gasteiger charge is -2.13. The van der Waals surface area contributed by atoms with Crippen LogP contribution in [-0.4, -0.2) is 17.1 Å². The Labute approximate surface area is 123 Å². The Morgan fingerprint density at radius 3 is 2.90 bits per heavy atom. The van der Waals surface area contributed by atoms with E-state index >= 15 is 0 Å². The maximum atomic E-state index is 12.4. The molecule has 1 aliphatic heterocycles. The molecule has 3 rings (SSSR count). The lowest BCUT2D eigenvalue weighted by atomic mass is 10.1. The number of amides is 1. The number of carbonyl (C=O) groups excluding carboxylic acids is 1. The van der Waals surface area contributed by atoms with E-state index in [1.807, 2.05) is 43.3 Å². The lowest BCUT2D eigenvalue weighted by Crippen LogP contribution is -2.32. The van der Waals surface area contributed by atoms with E-state index in [0.29, 0.717) is 12.1 Å². The van der Waals surface area contributed by atoms with Gasteiger partial charge in [0.2, 0.25) is 5.91 Å². The van der Waals surface area contributed by atoms with Gasteiger partial charge in [-0.1, -0.05) is 31.2 Å². The molecule has 4 heteroatoms. The summed E-state index contributed by atoms with van der Waals surface area (Å²) in [4.78, 5) is 12.4. The number of carbonyl (C=O) groups is 1. The minimum atomic E-state index is -0.299. The number of anilines is 2. The van der Waals surface area contributed by atoms with Gasteiger partial charge in [-0.2, -0.15) is 0 Å². The average Bonchev–Trinajstić information content (AvgIpc) is 2.93. The highest BCUT2D eigenvalue weighted by atomic mass is 16.3. The number of phenols is 1. The summed E-state index contributed by atoms with van der Waals surface area (Å²) < 4.78 is 0. The van der Waals surface area contributed by atoms with Crippen molar-refractivity contribution in [2.45, 2.75) is 25.8 Å². The Kier molecular flexibility index (Phi) is 3.52. The molecule has 0 radical (unpaired) electrons. The average molecular weight is 282 g/mol. The molecule has 3 N–H and O–H groups in total. The van der Waals surface area contributed by atoms with E-state index in [1.165, 1.54) is 0 Å². The first-order valence-electron chi connectivity index (χ1n) is 7.14. The standard InChI is InChI=1S/C17H18N2O2/c1-2-11-7-8-16(20)14(9-11)19-17(21)15-10-12-5-3-4-6-13(12)18-15/h3-9,15,18,20H,2,10H2,1H3,(H,19,21)/t15-/m0/s1. The normalized spacial score (nSPS) is 16.1. The van der Waals surface area contributed by atoms with Gasteiger partial charge in [-0.25, -0.2) is 0 Å². The maximum Gasteiger partial charge on any atom is 0.247 e. The highest BCUT2D eigenvalue weighted by molar-refractivity contribution is 5.99. The first-order chi connectivity index (χ1) is 10.2. The molecule has 21 heavy (non-hydrogen) atoms. The second-order valence-corrected chi connectivity index (χ2v) is 5.25. The van der Waals surface area contributed by atoms with Crippen molar-refractivity contribution in [2.75, 3.05) is 10.6 Å². The molecule has 2 aromatic carbocycles. The van der Waals surface area contributed by atoms with Crippen molar-refractivity contribution in [2.24, 2.45) is 0 Å². The summed E-state index contributed by atoms with van der Waals surface area (Å²) in [6, 6.07) is 12.9. The molecule has 0 saturated heterocycles. The number of hydrogen-bond acceptors (Lipinski definition) is 3. The van der Waals surface area contributed by atoms with E-state index in [2.05, 4.69) is 10.6 Å². The molecule has 0 spiro atoms. The molecule has 1 aliphatic rings. The van der Waals surface area contributed by atoms with Gasteiger partial charge in [-0.05, 0) is 35.7 Å². The lowest BCUT2D eigenvalue weighted by molar-refractivity contribution is -0.116. The van der Waals surface area contributed by atoms with E-state index in [9.17, 15) is 9.90 Å². The zero-order valence-electron chi connectivity index (χ0n) is 11.9. The van der Waals surface area contributed by atoms with Crippen LogP contribution in [0.5, 0.6) is 5.75 Å². The minimum absolute atomic E-state index is 0.0936. The van der Waals surface area contributed by atoms with Crippen LogP contribution in [0, 0.1) is 0 Å². The molecule has 4 nitrogen and oxygen atoms in total. The van der Waals surface area contributed by atoms with Crippen molar-refractivity contribution in [1.82, 2.24) is 0 Å². The van der Waals surface area contributed by atoms with Crippen molar-refractivity contribution >= 4 is 17.3 Å². The third-order valence-corrected chi connectivity index (χ3v) is 3.81. The highest BCUT2D eigenvalue weighted by Crippen LogP contribution is 2.28. The summed E-state index contributed by atoms with van der Waals surface area (Å²) in [5.41, 5.74) is 3.69. The largest absolute Gasteiger partial charge is 0.506 e. The molecule has 108 valence electrons. The number of hydrogen-bond donors (Lipinski definition) is 3. The van der Waals surface area contributed by atoms with E-state index in [1.54, 1.807) is 6.07 Å². The Balaban J connectivity index is 1.74. The highest BCUT2D eigenvalue weighted by Gasteiger charge is 2.26. The zero-order chi connectivity index (χ0) is 14.8.